The number of anilines is 2. The monoisotopic (exact) mass is 381 g/mol. The van der Waals surface area contributed by atoms with Gasteiger partial charge in [0.05, 0.1) is 29.2 Å². The van der Waals surface area contributed by atoms with Crippen LogP contribution < -0.4 is 4.31 Å². The highest BCUT2D eigenvalue weighted by Gasteiger charge is 2.12. The number of aryl methyl sites for hydroxylation is 1. The number of aliphatic imine (C=N–C) groups is 1. The lowest BCUT2D eigenvalue weighted by molar-refractivity contribution is 0.869. The van der Waals surface area contributed by atoms with Crippen LogP contribution in [0.2, 0.25) is 5.02 Å². The van der Waals surface area contributed by atoms with E-state index in [1.165, 1.54) is 0 Å². The molecule has 0 aliphatic heterocycles. The van der Waals surface area contributed by atoms with Gasteiger partial charge < -0.3 is 0 Å². The molecular formula is C21H20ClN3S. The van der Waals surface area contributed by atoms with Gasteiger partial charge in [-0.25, -0.2) is 4.99 Å². The minimum atomic E-state index is 0.725. The minimum absolute atomic E-state index is 0.725. The van der Waals surface area contributed by atoms with Crippen LogP contribution in [0.5, 0.6) is 0 Å². The van der Waals surface area contributed by atoms with Gasteiger partial charge >= 0.3 is 0 Å². The lowest BCUT2D eigenvalue weighted by Crippen LogP contribution is -2.17. The largest absolute Gasteiger partial charge is 0.292 e. The van der Waals surface area contributed by atoms with E-state index < -0.39 is 0 Å². The molecule has 3 nitrogen and oxygen atoms in total. The molecule has 0 aliphatic carbocycles. The van der Waals surface area contributed by atoms with Gasteiger partial charge in [-0.05, 0) is 55.0 Å². The Kier molecular flexibility index (Phi) is 6.21. The molecule has 3 aromatic carbocycles. The van der Waals surface area contributed by atoms with E-state index in [0.29, 0.717) is 0 Å². The first-order chi connectivity index (χ1) is 12.6. The highest BCUT2D eigenvalue weighted by atomic mass is 35.5. The van der Waals surface area contributed by atoms with E-state index in [4.69, 9.17) is 11.6 Å². The summed E-state index contributed by atoms with van der Waals surface area (Å²) in [6.45, 7) is 2.01. The van der Waals surface area contributed by atoms with Gasteiger partial charge in [-0.1, -0.05) is 48.0 Å². The molecule has 0 aliphatic rings. The lowest BCUT2D eigenvalue weighted by Gasteiger charge is -2.26. The zero-order valence-electron chi connectivity index (χ0n) is 14.7. The van der Waals surface area contributed by atoms with Crippen molar-refractivity contribution in [3.63, 3.8) is 0 Å². The highest BCUT2D eigenvalue weighted by Crippen LogP contribution is 2.33. The van der Waals surface area contributed by atoms with Gasteiger partial charge in [0.2, 0.25) is 0 Å². The number of rotatable bonds is 6. The van der Waals surface area contributed by atoms with Crippen molar-refractivity contribution < 1.29 is 0 Å². The highest BCUT2D eigenvalue weighted by molar-refractivity contribution is 7.99. The number of nitrogens with zero attached hydrogens (tertiary/aromatic N) is 3. The fourth-order valence-electron chi connectivity index (χ4n) is 2.43. The van der Waals surface area contributed by atoms with E-state index in [9.17, 15) is 0 Å². The predicted octanol–water partition coefficient (Wildman–Crippen LogP) is 6.64. The summed E-state index contributed by atoms with van der Waals surface area (Å²) in [7, 11) is 1.98. The van der Waals surface area contributed by atoms with Gasteiger partial charge in [0, 0.05) is 12.1 Å². The molecule has 0 heterocycles. The van der Waals surface area contributed by atoms with Gasteiger partial charge in [0.1, 0.15) is 6.34 Å². The second-order valence-corrected chi connectivity index (χ2v) is 7.31. The van der Waals surface area contributed by atoms with Crippen molar-refractivity contribution in [3.8, 4) is 0 Å². The summed E-state index contributed by atoms with van der Waals surface area (Å²) in [5.74, 6) is 0. The van der Waals surface area contributed by atoms with Crippen molar-refractivity contribution in [1.29, 1.82) is 0 Å². The van der Waals surface area contributed by atoms with E-state index in [-0.39, 0.29) is 0 Å². The van der Waals surface area contributed by atoms with Crippen LogP contribution in [-0.2, 0) is 0 Å². The molecule has 0 N–H and O–H groups in total. The van der Waals surface area contributed by atoms with Crippen LogP contribution in [0, 0.1) is 6.92 Å². The molecule has 0 aromatic heterocycles. The zero-order valence-corrected chi connectivity index (χ0v) is 16.3. The van der Waals surface area contributed by atoms with Gasteiger partial charge in [-0.3, -0.25) is 8.61 Å². The average Bonchev–Trinajstić information content (AvgIpc) is 2.67. The maximum atomic E-state index is 6.01. The van der Waals surface area contributed by atoms with Gasteiger partial charge in [-0.15, -0.1) is 0 Å². The second-order valence-electron chi connectivity index (χ2n) is 5.77. The Morgan fingerprint density at radius 2 is 1.46 bits per heavy atom. The third kappa shape index (κ3) is 4.81. The fourth-order valence-corrected chi connectivity index (χ4v) is 3.43. The first kappa shape index (κ1) is 18.4. The molecule has 0 bridgehead atoms. The summed E-state index contributed by atoms with van der Waals surface area (Å²) < 4.78 is 4.15. The SMILES string of the molecule is Cc1cc(Cl)ccc1/N=C/N(C)SN(c1ccccc1)c1ccccc1. The summed E-state index contributed by atoms with van der Waals surface area (Å²) in [6, 6.07) is 26.3. The molecule has 0 spiro atoms. The predicted molar refractivity (Wildman–Crippen MR) is 115 cm³/mol. The summed E-state index contributed by atoms with van der Waals surface area (Å²) in [6.07, 6.45) is 1.82. The number of para-hydroxylation sites is 2. The van der Waals surface area contributed by atoms with Crippen LogP contribution in [0.3, 0.4) is 0 Å². The Morgan fingerprint density at radius 3 is 2.00 bits per heavy atom. The van der Waals surface area contributed by atoms with Crippen molar-refractivity contribution in [2.24, 2.45) is 4.99 Å². The average molecular weight is 382 g/mol. The van der Waals surface area contributed by atoms with Crippen LogP contribution in [0.4, 0.5) is 17.1 Å². The van der Waals surface area contributed by atoms with Crippen LogP contribution in [0.1, 0.15) is 5.56 Å². The number of hydrogen-bond acceptors (Lipinski definition) is 3. The van der Waals surface area contributed by atoms with E-state index >= 15 is 0 Å². The van der Waals surface area contributed by atoms with E-state index in [1.807, 2.05) is 79.2 Å². The second kappa shape index (κ2) is 8.79. The quantitative estimate of drug-likeness (QED) is 0.271. The lowest BCUT2D eigenvalue weighted by atomic mass is 10.2. The van der Waals surface area contributed by atoms with E-state index in [2.05, 4.69) is 33.6 Å². The molecule has 0 fully saturated rings. The first-order valence-corrected chi connectivity index (χ1v) is 9.36. The van der Waals surface area contributed by atoms with Crippen molar-refractivity contribution in [2.75, 3.05) is 11.4 Å². The molecule has 26 heavy (non-hydrogen) atoms. The van der Waals surface area contributed by atoms with Gasteiger partial charge in [0.15, 0.2) is 0 Å². The maximum Gasteiger partial charge on any atom is 0.102 e. The molecule has 0 atom stereocenters. The summed E-state index contributed by atoms with van der Waals surface area (Å²) in [5.41, 5.74) is 4.17. The Balaban J connectivity index is 1.79. The molecular weight excluding hydrogens is 362 g/mol. The standard InChI is InChI=1S/C21H20ClN3S/c1-17-15-18(22)13-14-21(17)23-16-24(2)26-25(19-9-5-3-6-10-19)20-11-7-4-8-12-20/h3-16H,1-2H3/b23-16+. The van der Waals surface area contributed by atoms with Crippen LogP contribution >= 0.6 is 23.7 Å². The topological polar surface area (TPSA) is 18.8 Å². The molecule has 3 aromatic rings. The summed E-state index contributed by atoms with van der Waals surface area (Å²) in [5, 5.41) is 0.725. The van der Waals surface area contributed by atoms with E-state index in [1.54, 1.807) is 12.1 Å². The molecule has 5 heteroatoms. The number of halogens is 1. The van der Waals surface area contributed by atoms with Crippen molar-refractivity contribution in [1.82, 2.24) is 4.31 Å². The normalized spacial score (nSPS) is 10.9. The molecule has 3 rings (SSSR count). The molecule has 0 amide bonds. The Hall–Kier alpha value is -2.43. The Labute approximate surface area is 164 Å². The number of benzene rings is 3. The van der Waals surface area contributed by atoms with Crippen molar-refractivity contribution in [2.45, 2.75) is 6.92 Å². The minimum Gasteiger partial charge on any atom is -0.292 e. The van der Waals surface area contributed by atoms with Crippen LogP contribution in [0.25, 0.3) is 0 Å². The fraction of sp³-hybridized carbons (Fsp3) is 0.0952. The smallest absolute Gasteiger partial charge is 0.102 e. The molecule has 0 unspecified atom stereocenters. The van der Waals surface area contributed by atoms with Crippen LogP contribution in [0.15, 0.2) is 83.9 Å². The van der Waals surface area contributed by atoms with Crippen molar-refractivity contribution in [3.05, 3.63) is 89.4 Å². The summed E-state index contributed by atoms with van der Waals surface area (Å²) >= 11 is 7.58. The first-order valence-electron chi connectivity index (χ1n) is 8.25. The van der Waals surface area contributed by atoms with Gasteiger partial charge in [-0.2, -0.15) is 0 Å². The molecule has 0 radical (unpaired) electrons. The Bertz CT molecular complexity index is 829. The molecule has 0 saturated carbocycles. The Morgan fingerprint density at radius 1 is 0.885 bits per heavy atom. The molecule has 132 valence electrons. The summed E-state index contributed by atoms with van der Waals surface area (Å²) in [4.78, 5) is 4.58. The zero-order chi connectivity index (χ0) is 18.4. The third-order valence-electron chi connectivity index (χ3n) is 3.71. The maximum absolute atomic E-state index is 6.01. The number of hydrogen-bond donors (Lipinski definition) is 0. The van der Waals surface area contributed by atoms with Crippen LogP contribution in [-0.4, -0.2) is 17.7 Å². The van der Waals surface area contributed by atoms with Gasteiger partial charge in [0.25, 0.3) is 0 Å². The van der Waals surface area contributed by atoms with Crippen molar-refractivity contribution >= 4 is 47.1 Å². The van der Waals surface area contributed by atoms with E-state index in [0.717, 1.165) is 27.6 Å². The molecule has 0 saturated heterocycles. The third-order valence-corrected chi connectivity index (χ3v) is 4.88.